The minimum atomic E-state index is -0.504. The maximum atomic E-state index is 11.3. The SMILES string of the molecule is CC(C)(C)NC(=O)OCc1nccc(Cl)n1. The van der Waals surface area contributed by atoms with Gasteiger partial charge in [0.25, 0.3) is 0 Å². The Morgan fingerprint density at radius 2 is 2.25 bits per heavy atom. The van der Waals surface area contributed by atoms with E-state index in [-0.39, 0.29) is 12.1 Å². The van der Waals surface area contributed by atoms with Crippen molar-refractivity contribution in [3.63, 3.8) is 0 Å². The zero-order valence-corrected chi connectivity index (χ0v) is 10.2. The van der Waals surface area contributed by atoms with E-state index in [1.54, 1.807) is 6.07 Å². The highest BCUT2D eigenvalue weighted by Crippen LogP contribution is 2.04. The third-order valence-electron chi connectivity index (χ3n) is 1.48. The Hall–Kier alpha value is -1.36. The lowest BCUT2D eigenvalue weighted by atomic mass is 10.1. The normalized spacial score (nSPS) is 11.0. The average Bonchev–Trinajstić information content (AvgIpc) is 2.12. The number of halogens is 1. The van der Waals surface area contributed by atoms with E-state index >= 15 is 0 Å². The molecule has 1 amide bonds. The molecule has 1 rings (SSSR count). The summed E-state index contributed by atoms with van der Waals surface area (Å²) in [4.78, 5) is 19.1. The smallest absolute Gasteiger partial charge is 0.407 e. The molecule has 0 fully saturated rings. The fraction of sp³-hybridized carbons (Fsp3) is 0.500. The van der Waals surface area contributed by atoms with Crippen LogP contribution >= 0.6 is 11.6 Å². The van der Waals surface area contributed by atoms with Crippen molar-refractivity contribution in [1.29, 1.82) is 0 Å². The van der Waals surface area contributed by atoms with Gasteiger partial charge in [-0.1, -0.05) is 11.6 Å². The third kappa shape index (κ3) is 4.93. The van der Waals surface area contributed by atoms with Crippen LogP contribution in [0.3, 0.4) is 0 Å². The molecule has 0 unspecified atom stereocenters. The van der Waals surface area contributed by atoms with Gasteiger partial charge in [0.1, 0.15) is 5.15 Å². The molecule has 0 aliphatic carbocycles. The van der Waals surface area contributed by atoms with Crippen LogP contribution in [0.25, 0.3) is 0 Å². The summed E-state index contributed by atoms with van der Waals surface area (Å²) in [7, 11) is 0. The molecule has 0 bridgehead atoms. The molecule has 0 aliphatic rings. The molecule has 0 saturated carbocycles. The summed E-state index contributed by atoms with van der Waals surface area (Å²) in [5, 5.41) is 2.98. The first-order chi connectivity index (χ1) is 7.37. The van der Waals surface area contributed by atoms with E-state index in [9.17, 15) is 4.79 Å². The molecule has 0 radical (unpaired) electrons. The summed E-state index contributed by atoms with van der Waals surface area (Å²) in [6.45, 7) is 5.60. The number of amides is 1. The first kappa shape index (κ1) is 12.7. The monoisotopic (exact) mass is 243 g/mol. The zero-order chi connectivity index (χ0) is 12.2. The van der Waals surface area contributed by atoms with E-state index < -0.39 is 6.09 Å². The Labute approximate surface area is 99.2 Å². The van der Waals surface area contributed by atoms with Crippen LogP contribution in [0.5, 0.6) is 0 Å². The van der Waals surface area contributed by atoms with Gasteiger partial charge in [-0.3, -0.25) is 0 Å². The molecule has 6 heteroatoms. The van der Waals surface area contributed by atoms with E-state index in [2.05, 4.69) is 15.3 Å². The van der Waals surface area contributed by atoms with Crippen LogP contribution in [-0.4, -0.2) is 21.6 Å². The summed E-state index contributed by atoms with van der Waals surface area (Å²) >= 11 is 5.66. The van der Waals surface area contributed by atoms with Gasteiger partial charge >= 0.3 is 6.09 Å². The van der Waals surface area contributed by atoms with Crippen LogP contribution in [0, 0.1) is 0 Å². The Balaban J connectivity index is 2.43. The van der Waals surface area contributed by atoms with Crippen LogP contribution in [0.15, 0.2) is 12.3 Å². The number of rotatable bonds is 2. The highest BCUT2D eigenvalue weighted by atomic mass is 35.5. The summed E-state index contributed by atoms with van der Waals surface area (Å²) < 4.78 is 4.93. The van der Waals surface area contributed by atoms with Crippen LogP contribution in [-0.2, 0) is 11.3 Å². The summed E-state index contributed by atoms with van der Waals surface area (Å²) in [5.41, 5.74) is -0.327. The Bertz CT molecular complexity index is 377. The lowest BCUT2D eigenvalue weighted by Crippen LogP contribution is -2.40. The number of carbonyl (C=O) groups excluding carboxylic acids is 1. The number of hydrogen-bond acceptors (Lipinski definition) is 4. The second kappa shape index (κ2) is 5.12. The van der Waals surface area contributed by atoms with E-state index in [1.165, 1.54) is 6.20 Å². The van der Waals surface area contributed by atoms with Gasteiger partial charge < -0.3 is 10.1 Å². The highest BCUT2D eigenvalue weighted by Gasteiger charge is 2.14. The van der Waals surface area contributed by atoms with Gasteiger partial charge in [-0.15, -0.1) is 0 Å². The number of aromatic nitrogens is 2. The number of nitrogens with one attached hydrogen (secondary N) is 1. The van der Waals surface area contributed by atoms with Gasteiger partial charge in [0, 0.05) is 11.7 Å². The third-order valence-corrected chi connectivity index (χ3v) is 1.69. The lowest BCUT2D eigenvalue weighted by Gasteiger charge is -2.19. The summed E-state index contributed by atoms with van der Waals surface area (Å²) in [5.74, 6) is 0.372. The largest absolute Gasteiger partial charge is 0.441 e. The molecule has 0 aliphatic heterocycles. The molecule has 0 saturated heterocycles. The van der Waals surface area contributed by atoms with E-state index in [4.69, 9.17) is 16.3 Å². The van der Waals surface area contributed by atoms with Crippen molar-refractivity contribution >= 4 is 17.7 Å². The van der Waals surface area contributed by atoms with Crippen molar-refractivity contribution < 1.29 is 9.53 Å². The summed E-state index contributed by atoms with van der Waals surface area (Å²) in [6.07, 6.45) is 1.01. The molecule has 16 heavy (non-hydrogen) atoms. The highest BCUT2D eigenvalue weighted by molar-refractivity contribution is 6.29. The Kier molecular flexibility index (Phi) is 4.06. The molecule has 0 aromatic carbocycles. The first-order valence-electron chi connectivity index (χ1n) is 4.79. The molecular weight excluding hydrogens is 230 g/mol. The van der Waals surface area contributed by atoms with Crippen LogP contribution in [0.4, 0.5) is 4.79 Å². The van der Waals surface area contributed by atoms with Crippen LogP contribution in [0.2, 0.25) is 5.15 Å². The van der Waals surface area contributed by atoms with E-state index in [0.29, 0.717) is 11.0 Å². The topological polar surface area (TPSA) is 64.1 Å². The second-order valence-electron chi connectivity index (χ2n) is 4.25. The predicted octanol–water partition coefficient (Wildman–Crippen LogP) is 2.15. The first-order valence-corrected chi connectivity index (χ1v) is 5.17. The molecule has 5 nitrogen and oxygen atoms in total. The summed E-state index contributed by atoms with van der Waals surface area (Å²) in [6, 6.07) is 1.56. The molecular formula is C10H14ClN3O2. The molecule has 0 spiro atoms. The molecule has 88 valence electrons. The van der Waals surface area contributed by atoms with Crippen molar-refractivity contribution in [2.75, 3.05) is 0 Å². The standard InChI is InChI=1S/C10H14ClN3O2/c1-10(2,3)14-9(15)16-6-8-12-5-4-7(11)13-8/h4-5H,6H2,1-3H3,(H,14,15). The van der Waals surface area contributed by atoms with Gasteiger partial charge in [-0.05, 0) is 26.8 Å². The maximum Gasteiger partial charge on any atom is 0.407 e. The van der Waals surface area contributed by atoms with Gasteiger partial charge in [0.05, 0.1) is 0 Å². The van der Waals surface area contributed by atoms with Gasteiger partial charge in [0.15, 0.2) is 12.4 Å². The van der Waals surface area contributed by atoms with Crippen molar-refractivity contribution in [3.05, 3.63) is 23.2 Å². The van der Waals surface area contributed by atoms with E-state index in [0.717, 1.165) is 0 Å². The second-order valence-corrected chi connectivity index (χ2v) is 4.63. The zero-order valence-electron chi connectivity index (χ0n) is 9.45. The predicted molar refractivity (Wildman–Crippen MR) is 60.1 cm³/mol. The fourth-order valence-electron chi connectivity index (χ4n) is 0.916. The Morgan fingerprint density at radius 3 is 2.81 bits per heavy atom. The van der Waals surface area contributed by atoms with Crippen molar-refractivity contribution in [2.24, 2.45) is 0 Å². The minimum Gasteiger partial charge on any atom is -0.441 e. The lowest BCUT2D eigenvalue weighted by molar-refractivity contribution is 0.128. The van der Waals surface area contributed by atoms with Crippen LogP contribution in [0.1, 0.15) is 26.6 Å². The number of carbonyl (C=O) groups is 1. The van der Waals surface area contributed by atoms with Gasteiger partial charge in [-0.25, -0.2) is 14.8 Å². The molecule has 0 atom stereocenters. The number of ether oxygens (including phenoxy) is 1. The molecule has 1 aromatic rings. The van der Waals surface area contributed by atoms with Crippen LogP contribution < -0.4 is 5.32 Å². The quantitative estimate of drug-likeness (QED) is 0.809. The molecule has 1 heterocycles. The average molecular weight is 244 g/mol. The maximum absolute atomic E-state index is 11.3. The fourth-order valence-corrected chi connectivity index (χ4v) is 1.07. The number of alkyl carbamates (subject to hydrolysis) is 1. The van der Waals surface area contributed by atoms with E-state index in [1.807, 2.05) is 20.8 Å². The van der Waals surface area contributed by atoms with Crippen molar-refractivity contribution in [1.82, 2.24) is 15.3 Å². The minimum absolute atomic E-state index is 0.00245. The van der Waals surface area contributed by atoms with Gasteiger partial charge in [-0.2, -0.15) is 0 Å². The van der Waals surface area contributed by atoms with Crippen molar-refractivity contribution in [3.8, 4) is 0 Å². The number of hydrogen-bond donors (Lipinski definition) is 1. The van der Waals surface area contributed by atoms with Gasteiger partial charge in [0.2, 0.25) is 0 Å². The molecule has 1 aromatic heterocycles. The molecule has 1 N–H and O–H groups in total. The number of nitrogens with zero attached hydrogens (tertiary/aromatic N) is 2. The Morgan fingerprint density at radius 1 is 1.56 bits per heavy atom. The van der Waals surface area contributed by atoms with Crippen molar-refractivity contribution in [2.45, 2.75) is 32.9 Å².